The molecule has 0 aromatic heterocycles. The van der Waals surface area contributed by atoms with E-state index in [9.17, 15) is 9.90 Å². The largest absolute Gasteiger partial charge is 0.507 e. The Morgan fingerprint density at radius 3 is 2.43 bits per heavy atom. The molecule has 0 radical (unpaired) electrons. The van der Waals surface area contributed by atoms with Crippen LogP contribution in [0.2, 0.25) is 0 Å². The molecule has 1 saturated heterocycles. The zero-order valence-electron chi connectivity index (χ0n) is 17.0. The number of aromatic hydroxyl groups is 1. The second-order valence-corrected chi connectivity index (χ2v) is 7.36. The molecule has 1 fully saturated rings. The van der Waals surface area contributed by atoms with Gasteiger partial charge in [-0.2, -0.15) is 0 Å². The number of methoxy groups -OCH3 is 1. The van der Waals surface area contributed by atoms with E-state index in [4.69, 9.17) is 9.47 Å². The lowest BCUT2D eigenvalue weighted by Crippen LogP contribution is -2.43. The number of ether oxygens (including phenoxy) is 2. The molecule has 1 aliphatic heterocycles. The van der Waals surface area contributed by atoms with E-state index in [1.807, 2.05) is 48.5 Å². The molecule has 156 valence electrons. The van der Waals surface area contributed by atoms with Crippen LogP contribution in [0.3, 0.4) is 0 Å². The third kappa shape index (κ3) is 4.40. The lowest BCUT2D eigenvalue weighted by molar-refractivity contribution is 0.0162. The molecule has 2 N–H and O–H groups in total. The first-order valence-electron chi connectivity index (χ1n) is 10.1. The quantitative estimate of drug-likeness (QED) is 0.657. The number of phenols is 1. The Kier molecular flexibility index (Phi) is 6.16. The number of benzene rings is 3. The van der Waals surface area contributed by atoms with Gasteiger partial charge in [0.05, 0.1) is 31.9 Å². The Balaban J connectivity index is 1.54. The summed E-state index contributed by atoms with van der Waals surface area (Å²) in [6, 6.07) is 18.9. The van der Waals surface area contributed by atoms with E-state index in [0.29, 0.717) is 19.8 Å². The number of carbonyl (C=O) groups is 1. The molecule has 0 spiro atoms. The van der Waals surface area contributed by atoms with Crippen molar-refractivity contribution in [3.8, 4) is 11.5 Å². The summed E-state index contributed by atoms with van der Waals surface area (Å²) in [5, 5.41) is 15.2. The molecule has 0 unspecified atom stereocenters. The van der Waals surface area contributed by atoms with Crippen molar-refractivity contribution in [1.29, 1.82) is 0 Å². The van der Waals surface area contributed by atoms with Gasteiger partial charge in [-0.3, -0.25) is 9.69 Å². The highest BCUT2D eigenvalue weighted by atomic mass is 16.5. The van der Waals surface area contributed by atoms with Crippen molar-refractivity contribution >= 4 is 16.7 Å². The van der Waals surface area contributed by atoms with Crippen molar-refractivity contribution < 1.29 is 19.4 Å². The van der Waals surface area contributed by atoms with Crippen LogP contribution in [0.5, 0.6) is 11.5 Å². The molecule has 4 rings (SSSR count). The molecular weight excluding hydrogens is 380 g/mol. The molecule has 6 nitrogen and oxygen atoms in total. The molecule has 1 aliphatic rings. The number of morpholine rings is 1. The first kappa shape index (κ1) is 20.2. The van der Waals surface area contributed by atoms with E-state index < -0.39 is 0 Å². The molecule has 1 amide bonds. The Hall–Kier alpha value is -3.09. The maximum absolute atomic E-state index is 12.9. The van der Waals surface area contributed by atoms with E-state index in [1.165, 1.54) is 0 Å². The van der Waals surface area contributed by atoms with Gasteiger partial charge in [0.2, 0.25) is 0 Å². The van der Waals surface area contributed by atoms with E-state index in [2.05, 4.69) is 10.2 Å². The minimum atomic E-state index is -0.287. The van der Waals surface area contributed by atoms with Gasteiger partial charge in [-0.15, -0.1) is 0 Å². The molecule has 6 heteroatoms. The van der Waals surface area contributed by atoms with Crippen molar-refractivity contribution in [1.82, 2.24) is 10.2 Å². The predicted molar refractivity (Wildman–Crippen MR) is 116 cm³/mol. The van der Waals surface area contributed by atoms with Crippen molar-refractivity contribution in [3.05, 3.63) is 71.8 Å². The highest BCUT2D eigenvalue weighted by Gasteiger charge is 2.24. The molecule has 0 saturated carbocycles. The number of nitrogens with zero attached hydrogens (tertiary/aromatic N) is 1. The van der Waals surface area contributed by atoms with E-state index in [1.54, 1.807) is 19.2 Å². The third-order valence-electron chi connectivity index (χ3n) is 5.55. The Morgan fingerprint density at radius 1 is 1.10 bits per heavy atom. The van der Waals surface area contributed by atoms with Crippen LogP contribution in [0.4, 0.5) is 0 Å². The van der Waals surface area contributed by atoms with Crippen LogP contribution < -0.4 is 10.1 Å². The molecule has 1 atom stereocenters. The number of nitrogens with one attached hydrogen (secondary N) is 1. The van der Waals surface area contributed by atoms with Crippen LogP contribution in [0.1, 0.15) is 22.0 Å². The lowest BCUT2D eigenvalue weighted by atomic mass is 10.0. The SMILES string of the molecule is COc1ccc([C@@H](CNC(=O)c2cc3ccccc3cc2O)N2CCOCC2)cc1. The maximum atomic E-state index is 12.9. The lowest BCUT2D eigenvalue weighted by Gasteiger charge is -2.35. The molecule has 0 bridgehead atoms. The average Bonchev–Trinajstić information content (AvgIpc) is 2.79. The van der Waals surface area contributed by atoms with Gasteiger partial charge in [-0.1, -0.05) is 36.4 Å². The van der Waals surface area contributed by atoms with Crippen molar-refractivity contribution in [2.45, 2.75) is 6.04 Å². The number of carbonyl (C=O) groups excluding carboxylic acids is 1. The molecule has 3 aromatic rings. The highest BCUT2D eigenvalue weighted by molar-refractivity contribution is 6.01. The van der Waals surface area contributed by atoms with Crippen LogP contribution in [0.25, 0.3) is 10.8 Å². The Morgan fingerprint density at radius 2 is 1.77 bits per heavy atom. The second kappa shape index (κ2) is 9.15. The fourth-order valence-electron chi connectivity index (χ4n) is 3.87. The van der Waals surface area contributed by atoms with Crippen LogP contribution in [0, 0.1) is 0 Å². The summed E-state index contributed by atoms with van der Waals surface area (Å²) in [5.74, 6) is 0.494. The van der Waals surface area contributed by atoms with Crippen LogP contribution in [-0.2, 0) is 4.74 Å². The van der Waals surface area contributed by atoms with Crippen LogP contribution in [0.15, 0.2) is 60.7 Å². The molecular formula is C24H26N2O4. The van der Waals surface area contributed by atoms with Crippen LogP contribution >= 0.6 is 0 Å². The topological polar surface area (TPSA) is 71.0 Å². The van der Waals surface area contributed by atoms with Crippen molar-refractivity contribution in [3.63, 3.8) is 0 Å². The predicted octanol–water partition coefficient (Wildman–Crippen LogP) is 3.36. The third-order valence-corrected chi connectivity index (χ3v) is 5.55. The summed E-state index contributed by atoms with van der Waals surface area (Å²) in [6.07, 6.45) is 0. The minimum absolute atomic E-state index is 0.00588. The standard InChI is InChI=1S/C24H26N2O4/c1-29-20-8-6-17(7-9-20)22(26-10-12-30-13-11-26)16-25-24(28)21-14-18-4-2-3-5-19(18)15-23(21)27/h2-9,14-15,22,27H,10-13,16H2,1H3,(H,25,28)/t22-/m1/s1. The summed E-state index contributed by atoms with van der Waals surface area (Å²) in [7, 11) is 1.64. The normalized spacial score (nSPS) is 15.6. The smallest absolute Gasteiger partial charge is 0.255 e. The first-order chi connectivity index (χ1) is 14.7. The molecule has 1 heterocycles. The van der Waals surface area contributed by atoms with Gasteiger partial charge in [0, 0.05) is 19.6 Å². The summed E-state index contributed by atoms with van der Waals surface area (Å²) in [4.78, 5) is 15.2. The van der Waals surface area contributed by atoms with Gasteiger partial charge in [-0.05, 0) is 40.6 Å². The number of amides is 1. The van der Waals surface area contributed by atoms with E-state index in [0.717, 1.165) is 35.2 Å². The van der Waals surface area contributed by atoms with E-state index in [-0.39, 0.29) is 23.3 Å². The zero-order valence-corrected chi connectivity index (χ0v) is 17.0. The van der Waals surface area contributed by atoms with E-state index >= 15 is 0 Å². The summed E-state index contributed by atoms with van der Waals surface area (Å²) in [5.41, 5.74) is 1.38. The molecule has 0 aliphatic carbocycles. The monoisotopic (exact) mass is 406 g/mol. The van der Waals surface area contributed by atoms with Gasteiger partial charge in [-0.25, -0.2) is 0 Å². The number of fused-ring (bicyclic) bond motifs is 1. The Labute approximate surface area is 176 Å². The number of rotatable bonds is 6. The first-order valence-corrected chi connectivity index (χ1v) is 10.1. The maximum Gasteiger partial charge on any atom is 0.255 e. The second-order valence-electron chi connectivity index (χ2n) is 7.36. The van der Waals surface area contributed by atoms with Gasteiger partial charge in [0.25, 0.3) is 5.91 Å². The van der Waals surface area contributed by atoms with Crippen molar-refractivity contribution in [2.75, 3.05) is 40.0 Å². The number of hydrogen-bond acceptors (Lipinski definition) is 5. The molecule has 3 aromatic carbocycles. The van der Waals surface area contributed by atoms with Gasteiger partial charge in [0.1, 0.15) is 11.5 Å². The minimum Gasteiger partial charge on any atom is -0.507 e. The summed E-state index contributed by atoms with van der Waals surface area (Å²) < 4.78 is 10.8. The Bertz CT molecular complexity index is 1010. The summed E-state index contributed by atoms with van der Waals surface area (Å²) >= 11 is 0. The fraction of sp³-hybridized carbons (Fsp3) is 0.292. The number of hydrogen-bond donors (Lipinski definition) is 2. The van der Waals surface area contributed by atoms with Gasteiger partial charge >= 0.3 is 0 Å². The van der Waals surface area contributed by atoms with Crippen molar-refractivity contribution in [2.24, 2.45) is 0 Å². The fourth-order valence-corrected chi connectivity index (χ4v) is 3.87. The average molecular weight is 406 g/mol. The highest BCUT2D eigenvalue weighted by Crippen LogP contribution is 2.26. The van der Waals surface area contributed by atoms with Crippen LogP contribution in [-0.4, -0.2) is 55.9 Å². The summed E-state index contributed by atoms with van der Waals surface area (Å²) in [6.45, 7) is 3.37. The van der Waals surface area contributed by atoms with Gasteiger partial charge in [0.15, 0.2) is 0 Å². The zero-order chi connectivity index (χ0) is 20.9. The number of phenolic OH excluding ortho intramolecular Hbond substituents is 1. The van der Waals surface area contributed by atoms with Gasteiger partial charge < -0.3 is 19.9 Å². The molecule has 30 heavy (non-hydrogen) atoms.